The Labute approximate surface area is 86.9 Å². The van der Waals surface area contributed by atoms with Crippen LogP contribution in [-0.4, -0.2) is 68.0 Å². The van der Waals surface area contributed by atoms with Crippen LogP contribution in [0, 0.1) is 0 Å². The Morgan fingerprint density at radius 1 is 0.778 bits per heavy atom. The molecule has 0 unspecified atom stereocenters. The molecule has 0 aromatic heterocycles. The third kappa shape index (κ3) is 166. The SMILES string of the molecule is O=[Te]([O-])[O-].O=[Te]([O-])[O-].[Pb]. The van der Waals surface area contributed by atoms with Crippen molar-refractivity contribution in [3.8, 4) is 0 Å². The van der Waals surface area contributed by atoms with Crippen LogP contribution in [0.3, 0.4) is 0 Å². The molecule has 0 atom stereocenters. The van der Waals surface area contributed by atoms with Gasteiger partial charge < -0.3 is 0 Å². The summed E-state index contributed by atoms with van der Waals surface area (Å²) in [6, 6.07) is 0. The van der Waals surface area contributed by atoms with E-state index in [1.54, 1.807) is 0 Å². The Balaban J connectivity index is -0.0000000720. The molecule has 0 aromatic rings. The minimum atomic E-state index is -4.11. The predicted molar refractivity (Wildman–Crippen MR) is 18.6 cm³/mol. The predicted octanol–water partition coefficient (Wildman–Crippen LogP) is -6.14. The van der Waals surface area contributed by atoms with Crippen molar-refractivity contribution in [2.75, 3.05) is 0 Å². The second-order valence-electron chi connectivity index (χ2n) is 0.408. The minimum absolute atomic E-state index is 0. The first kappa shape index (κ1) is 17.1. The molecule has 4 radical (unpaired) electrons. The Morgan fingerprint density at radius 2 is 0.778 bits per heavy atom. The van der Waals surface area contributed by atoms with Crippen molar-refractivity contribution < 1.29 is 20.1 Å². The van der Waals surface area contributed by atoms with Crippen LogP contribution in [0.25, 0.3) is 0 Å². The van der Waals surface area contributed by atoms with E-state index in [1.807, 2.05) is 0 Å². The van der Waals surface area contributed by atoms with E-state index in [1.165, 1.54) is 0 Å². The summed E-state index contributed by atoms with van der Waals surface area (Å²) >= 11 is -8.21. The van der Waals surface area contributed by atoms with Gasteiger partial charge in [0.25, 0.3) is 0 Å². The Morgan fingerprint density at radius 3 is 0.778 bits per heavy atom. The van der Waals surface area contributed by atoms with Gasteiger partial charge in [-0.05, 0) is 0 Å². The largest absolute Gasteiger partial charge is 0 e. The van der Waals surface area contributed by atoms with E-state index in [0.717, 1.165) is 0 Å². The van der Waals surface area contributed by atoms with E-state index in [2.05, 4.69) is 0 Å². The van der Waals surface area contributed by atoms with E-state index in [-0.39, 0.29) is 27.3 Å². The standard InChI is InChI=1S/2H2O3Te.Pb/c2*1-4(2)3;/h2*(H2,1,2,3);/p-4. The molecule has 0 aliphatic heterocycles. The van der Waals surface area contributed by atoms with Crippen molar-refractivity contribution in [3.05, 3.63) is 0 Å². The number of hydrogen-bond donors (Lipinski definition) is 0. The molecule has 0 aromatic carbocycles. The summed E-state index contributed by atoms with van der Waals surface area (Å²) < 4.78 is 51.5. The number of rotatable bonds is 0. The zero-order valence-electron chi connectivity index (χ0n) is 3.77. The molecule has 0 spiro atoms. The van der Waals surface area contributed by atoms with E-state index < -0.39 is 40.7 Å². The quantitative estimate of drug-likeness (QED) is 0.273. The average Bonchev–Trinajstić information content (AvgIpc) is 1.25. The molecule has 0 saturated carbocycles. The molecule has 0 saturated heterocycles. The smallest absolute Gasteiger partial charge is 0 e. The molecule has 0 rings (SSSR count). The van der Waals surface area contributed by atoms with Crippen molar-refractivity contribution in [2.24, 2.45) is 0 Å². The van der Waals surface area contributed by atoms with Crippen molar-refractivity contribution in [2.45, 2.75) is 0 Å². The van der Waals surface area contributed by atoms with Gasteiger partial charge >= 0.3 is 60.8 Å². The van der Waals surface area contributed by atoms with Crippen LogP contribution in [-0.2, 0) is 6.21 Å². The van der Waals surface area contributed by atoms with Crippen molar-refractivity contribution in [1.29, 1.82) is 0 Å². The van der Waals surface area contributed by atoms with Crippen LogP contribution < -0.4 is 13.9 Å². The molecule has 6 nitrogen and oxygen atoms in total. The molecule has 0 amide bonds. The second-order valence-corrected chi connectivity index (χ2v) is 2.74. The normalized spacial score (nSPS) is 7.78. The van der Waals surface area contributed by atoms with Crippen LogP contribution in [0.5, 0.6) is 0 Å². The third-order valence-corrected chi connectivity index (χ3v) is 0. The third-order valence-electron chi connectivity index (χ3n) is 0. The fourth-order valence-corrected chi connectivity index (χ4v) is 0. The van der Waals surface area contributed by atoms with Crippen LogP contribution in [0.15, 0.2) is 0 Å². The summed E-state index contributed by atoms with van der Waals surface area (Å²) in [7, 11) is 0. The summed E-state index contributed by atoms with van der Waals surface area (Å²) in [5.74, 6) is 0. The van der Waals surface area contributed by atoms with Gasteiger partial charge in [0.15, 0.2) is 0 Å². The summed E-state index contributed by atoms with van der Waals surface area (Å²) in [4.78, 5) is 0. The summed E-state index contributed by atoms with van der Waals surface area (Å²) in [5, 5.41) is 0. The Bertz CT molecular complexity index is 69.1. The van der Waals surface area contributed by atoms with Crippen LogP contribution >= 0.6 is 0 Å². The molecule has 0 heterocycles. The molecule has 56 valence electrons. The van der Waals surface area contributed by atoms with Gasteiger partial charge in [-0.25, -0.2) is 0 Å². The first-order valence-electron chi connectivity index (χ1n) is 1.00. The van der Waals surface area contributed by atoms with Crippen LogP contribution in [0.1, 0.15) is 0 Å². The summed E-state index contributed by atoms with van der Waals surface area (Å²) in [6.07, 6.45) is 0. The minimum Gasteiger partial charge on any atom is 0 e. The van der Waals surface area contributed by atoms with Gasteiger partial charge in [0, 0.05) is 27.3 Å². The molecule has 9 heavy (non-hydrogen) atoms. The van der Waals surface area contributed by atoms with Gasteiger partial charge in [-0.15, -0.1) is 0 Å². The molecule has 0 N–H and O–H groups in total. The molecule has 0 fully saturated rings. The van der Waals surface area contributed by atoms with Gasteiger partial charge in [0.1, 0.15) is 0 Å². The maximum absolute atomic E-state index is 8.59. The molecule has 0 aliphatic carbocycles. The molecular weight excluding hydrogens is 558 g/mol. The van der Waals surface area contributed by atoms with E-state index in [0.29, 0.717) is 0 Å². The van der Waals surface area contributed by atoms with Gasteiger partial charge in [-0.3, -0.25) is 0 Å². The summed E-state index contributed by atoms with van der Waals surface area (Å²) in [5.41, 5.74) is 0. The van der Waals surface area contributed by atoms with E-state index >= 15 is 0 Å². The maximum atomic E-state index is 8.59. The topological polar surface area (TPSA) is 126 Å². The van der Waals surface area contributed by atoms with E-state index in [9.17, 15) is 0 Å². The van der Waals surface area contributed by atoms with Crippen molar-refractivity contribution in [1.82, 2.24) is 0 Å². The van der Waals surface area contributed by atoms with Gasteiger partial charge in [0.05, 0.1) is 0 Å². The Kier molecular flexibility index (Phi) is 24.0. The zero-order chi connectivity index (χ0) is 7.15. The molecule has 0 aliphatic rings. The number of hydrogen-bond acceptors (Lipinski definition) is 6. The first-order chi connectivity index (χ1) is 3.46. The van der Waals surface area contributed by atoms with E-state index in [4.69, 9.17) is 20.1 Å². The first-order valence-corrected chi connectivity index (χ1v) is 6.71. The average molecular weight is 558 g/mol. The maximum Gasteiger partial charge on any atom is 0 e. The zero-order valence-corrected chi connectivity index (χ0v) is 12.3. The van der Waals surface area contributed by atoms with Crippen molar-refractivity contribution in [3.63, 3.8) is 0 Å². The van der Waals surface area contributed by atoms with Crippen molar-refractivity contribution >= 4 is 68.0 Å². The Hall–Kier alpha value is 1.94. The fraction of sp³-hybridized carbons (Fsp3) is 0. The molecule has 0 bridgehead atoms. The second kappa shape index (κ2) is 12.6. The molecule has 9 heteroatoms. The van der Waals surface area contributed by atoms with Crippen LogP contribution in [0.4, 0.5) is 0 Å². The van der Waals surface area contributed by atoms with Crippen LogP contribution in [0.2, 0.25) is 0 Å². The van der Waals surface area contributed by atoms with Gasteiger partial charge in [-0.2, -0.15) is 0 Å². The van der Waals surface area contributed by atoms with Gasteiger partial charge in [0.2, 0.25) is 0 Å². The monoisotopic (exact) mass is 564 g/mol. The summed E-state index contributed by atoms with van der Waals surface area (Å²) in [6.45, 7) is 0. The fourth-order valence-electron chi connectivity index (χ4n) is 0. The van der Waals surface area contributed by atoms with Gasteiger partial charge in [-0.1, -0.05) is 0 Å². The molecular formula is O6PbTe2-4.